The molecule has 0 bridgehead atoms. The highest BCUT2D eigenvalue weighted by Gasteiger charge is 2.29. The molecule has 12 nitrogen and oxygen atoms in total. The smallest absolute Gasteiger partial charge is 0.291 e. The Morgan fingerprint density at radius 2 is 1.96 bits per heavy atom. The molecule has 2 amide bonds. The van der Waals surface area contributed by atoms with Crippen LogP contribution < -0.4 is 20.7 Å². The van der Waals surface area contributed by atoms with Gasteiger partial charge in [-0.05, 0) is 24.6 Å². The lowest BCUT2D eigenvalue weighted by Crippen LogP contribution is -2.41. The third-order valence-electron chi connectivity index (χ3n) is 9.35. The van der Waals surface area contributed by atoms with E-state index in [4.69, 9.17) is 42.6 Å². The number of halogens is 2. The number of ether oxygens (including phenoxy) is 2. The Morgan fingerprint density at radius 1 is 1.10 bits per heavy atom. The summed E-state index contributed by atoms with van der Waals surface area (Å²) in [6.07, 6.45) is 3.87. The number of rotatable bonds is 11. The number of anilines is 1. The highest BCUT2D eigenvalue weighted by atomic mass is 35.5. The van der Waals surface area contributed by atoms with Gasteiger partial charge < -0.3 is 30.0 Å². The van der Waals surface area contributed by atoms with Crippen molar-refractivity contribution in [1.29, 1.82) is 0 Å². The van der Waals surface area contributed by atoms with E-state index in [2.05, 4.69) is 25.8 Å². The van der Waals surface area contributed by atoms with Crippen LogP contribution in [-0.4, -0.2) is 82.2 Å². The number of hydrogen-bond acceptors (Lipinski definition) is 9. The number of carbonyl (C=O) groups excluding carboxylic acids is 2. The van der Waals surface area contributed by atoms with Gasteiger partial charge in [-0.3, -0.25) is 19.5 Å². The second-order valence-electron chi connectivity index (χ2n) is 12.7. The van der Waals surface area contributed by atoms with E-state index >= 15 is 0 Å². The summed E-state index contributed by atoms with van der Waals surface area (Å²) >= 11 is 13.9. The molecule has 0 saturated carbocycles. The van der Waals surface area contributed by atoms with E-state index in [0.717, 1.165) is 56.1 Å². The van der Waals surface area contributed by atoms with Gasteiger partial charge in [-0.2, -0.15) is 0 Å². The zero-order valence-corrected chi connectivity index (χ0v) is 28.9. The van der Waals surface area contributed by atoms with Gasteiger partial charge >= 0.3 is 0 Å². The number of imidazole rings is 1. The normalized spacial score (nSPS) is 17.8. The van der Waals surface area contributed by atoms with Crippen LogP contribution >= 0.6 is 23.2 Å². The molecule has 3 N–H and O–H groups in total. The predicted octanol–water partition coefficient (Wildman–Crippen LogP) is 4.48. The van der Waals surface area contributed by atoms with Crippen LogP contribution in [0.25, 0.3) is 22.5 Å². The Kier molecular flexibility index (Phi) is 9.84. The molecule has 0 spiro atoms. The first-order chi connectivity index (χ1) is 23.8. The van der Waals surface area contributed by atoms with Crippen LogP contribution in [0.5, 0.6) is 5.88 Å². The summed E-state index contributed by atoms with van der Waals surface area (Å²) in [5.74, 6) is 1.11. The summed E-state index contributed by atoms with van der Waals surface area (Å²) in [6.45, 7) is 5.43. The van der Waals surface area contributed by atoms with Gasteiger partial charge in [0.05, 0.1) is 53.1 Å². The Labute approximate surface area is 294 Å². The summed E-state index contributed by atoms with van der Waals surface area (Å²) in [5, 5.41) is 9.97. The van der Waals surface area contributed by atoms with Crippen molar-refractivity contribution < 1.29 is 19.1 Å². The van der Waals surface area contributed by atoms with E-state index in [1.165, 1.54) is 0 Å². The van der Waals surface area contributed by atoms with Crippen molar-refractivity contribution in [2.45, 2.75) is 38.4 Å². The summed E-state index contributed by atoms with van der Waals surface area (Å²) in [7, 11) is 3.46. The van der Waals surface area contributed by atoms with Crippen molar-refractivity contribution in [3.63, 3.8) is 0 Å². The molecule has 0 radical (unpaired) electrons. The van der Waals surface area contributed by atoms with Gasteiger partial charge in [0.25, 0.3) is 5.91 Å². The zero-order valence-electron chi connectivity index (χ0n) is 27.4. The largest absolute Gasteiger partial charge is 0.481 e. The standard InChI is InChI=1S/C35H38Cl2N8O4/c1-44-28-11-13-45(16-20-18-49-19-20)17-27(28)41-33(44)34(47)42-26-5-3-4-24(30(26)36)32-31(37)23(10-12-39-32)25-8-6-21(35(43-25)48-2)14-38-15-22-7-9-29(46)40-22/h3-6,8,10,12,20,22,38H,7,9,11,13-19H2,1-2H3,(H,40,46)(H,42,47)/t22-/m0/s1. The molecule has 3 aliphatic rings. The molecule has 3 aromatic heterocycles. The number of nitrogens with one attached hydrogen (secondary N) is 3. The maximum Gasteiger partial charge on any atom is 0.291 e. The number of methoxy groups -OCH3 is 1. The topological polar surface area (TPSA) is 136 Å². The van der Waals surface area contributed by atoms with Crippen LogP contribution in [-0.2, 0) is 36.1 Å². The molecule has 1 atom stereocenters. The molecule has 14 heteroatoms. The molecule has 2 fully saturated rings. The third-order valence-corrected chi connectivity index (χ3v) is 10.1. The fraction of sp³-hybridized carbons (Fsp3) is 0.400. The highest BCUT2D eigenvalue weighted by molar-refractivity contribution is 6.39. The van der Waals surface area contributed by atoms with Gasteiger partial charge in [-0.1, -0.05) is 41.4 Å². The van der Waals surface area contributed by atoms with Crippen LogP contribution in [0.4, 0.5) is 5.69 Å². The lowest BCUT2D eigenvalue weighted by molar-refractivity contribution is -0.119. The molecule has 7 rings (SSSR count). The molecular formula is C35H38Cl2N8O4. The number of amides is 2. The van der Waals surface area contributed by atoms with Crippen molar-refractivity contribution in [3.05, 3.63) is 75.4 Å². The predicted molar refractivity (Wildman–Crippen MR) is 187 cm³/mol. The van der Waals surface area contributed by atoms with Crippen molar-refractivity contribution in [2.75, 3.05) is 45.3 Å². The highest BCUT2D eigenvalue weighted by Crippen LogP contribution is 2.40. The molecular weight excluding hydrogens is 667 g/mol. The summed E-state index contributed by atoms with van der Waals surface area (Å²) in [6, 6.07) is 11.1. The summed E-state index contributed by atoms with van der Waals surface area (Å²) in [5.41, 5.74) is 5.59. The fourth-order valence-electron chi connectivity index (χ4n) is 6.66. The lowest BCUT2D eigenvalue weighted by atomic mass is 10.1. The minimum Gasteiger partial charge on any atom is -0.481 e. The van der Waals surface area contributed by atoms with Gasteiger partial charge in [0.1, 0.15) is 0 Å². The van der Waals surface area contributed by atoms with Gasteiger partial charge in [-0.15, -0.1) is 0 Å². The minimum absolute atomic E-state index is 0.0897. The van der Waals surface area contributed by atoms with Crippen molar-refractivity contribution in [1.82, 2.24) is 35.1 Å². The van der Waals surface area contributed by atoms with E-state index in [-0.39, 0.29) is 17.9 Å². The first-order valence-corrected chi connectivity index (χ1v) is 17.2. The number of aromatic nitrogens is 4. The molecule has 2 saturated heterocycles. The molecule has 6 heterocycles. The van der Waals surface area contributed by atoms with Gasteiger partial charge in [0, 0.05) is 93.2 Å². The number of carbonyl (C=O) groups is 2. The number of hydrogen-bond donors (Lipinski definition) is 3. The Bertz CT molecular complexity index is 1900. The van der Waals surface area contributed by atoms with E-state index < -0.39 is 0 Å². The molecule has 3 aliphatic heterocycles. The Balaban J connectivity index is 1.07. The van der Waals surface area contributed by atoms with Crippen LogP contribution in [0.2, 0.25) is 10.0 Å². The summed E-state index contributed by atoms with van der Waals surface area (Å²) in [4.78, 5) is 41.5. The number of nitrogens with zero attached hydrogens (tertiary/aromatic N) is 5. The van der Waals surface area contributed by atoms with Crippen molar-refractivity contribution in [3.8, 4) is 28.4 Å². The first kappa shape index (κ1) is 33.4. The van der Waals surface area contributed by atoms with E-state index in [9.17, 15) is 9.59 Å². The SMILES string of the molecule is COc1nc(-c2ccnc(-c3cccc(NC(=O)c4nc5c(n4C)CCN(CC4COC4)C5)c3Cl)c2Cl)ccc1CNC[C@@H]1CCC(=O)N1. The van der Waals surface area contributed by atoms with Crippen LogP contribution in [0.3, 0.4) is 0 Å². The van der Waals surface area contributed by atoms with Gasteiger partial charge in [0.2, 0.25) is 11.8 Å². The second kappa shape index (κ2) is 14.4. The zero-order chi connectivity index (χ0) is 34.1. The average Bonchev–Trinajstić information content (AvgIpc) is 3.65. The third kappa shape index (κ3) is 7.01. The van der Waals surface area contributed by atoms with Gasteiger partial charge in [-0.25, -0.2) is 9.97 Å². The molecule has 4 aromatic rings. The van der Waals surface area contributed by atoms with E-state index in [1.54, 1.807) is 31.5 Å². The Morgan fingerprint density at radius 3 is 2.71 bits per heavy atom. The average molecular weight is 706 g/mol. The molecule has 0 unspecified atom stereocenters. The van der Waals surface area contributed by atoms with Crippen LogP contribution in [0, 0.1) is 5.92 Å². The van der Waals surface area contributed by atoms with Crippen molar-refractivity contribution >= 4 is 40.7 Å². The van der Waals surface area contributed by atoms with E-state index in [0.29, 0.717) is 81.9 Å². The number of fused-ring (bicyclic) bond motifs is 1. The number of pyridine rings is 2. The maximum atomic E-state index is 13.5. The number of benzene rings is 1. The minimum atomic E-state index is -0.346. The maximum absolute atomic E-state index is 13.5. The quantitative estimate of drug-likeness (QED) is 0.207. The monoisotopic (exact) mass is 704 g/mol. The molecule has 1 aromatic carbocycles. The first-order valence-electron chi connectivity index (χ1n) is 16.4. The second-order valence-corrected chi connectivity index (χ2v) is 13.5. The molecule has 49 heavy (non-hydrogen) atoms. The van der Waals surface area contributed by atoms with Crippen LogP contribution in [0.1, 0.15) is 40.4 Å². The summed E-state index contributed by atoms with van der Waals surface area (Å²) < 4.78 is 12.8. The fourth-order valence-corrected chi connectivity index (χ4v) is 7.23. The van der Waals surface area contributed by atoms with Crippen molar-refractivity contribution in [2.24, 2.45) is 13.0 Å². The molecule has 0 aliphatic carbocycles. The lowest BCUT2D eigenvalue weighted by Gasteiger charge is -2.34. The Hall–Kier alpha value is -4.07. The van der Waals surface area contributed by atoms with Crippen LogP contribution in [0.15, 0.2) is 42.6 Å². The van der Waals surface area contributed by atoms with Gasteiger partial charge in [0.15, 0.2) is 5.82 Å². The van der Waals surface area contributed by atoms with E-state index in [1.807, 2.05) is 29.8 Å². The molecule has 256 valence electrons.